The van der Waals surface area contributed by atoms with Gasteiger partial charge in [0.25, 0.3) is 0 Å². The van der Waals surface area contributed by atoms with E-state index in [9.17, 15) is 12.8 Å². The minimum absolute atomic E-state index is 0. The topological polar surface area (TPSA) is 46.2 Å². The Bertz CT molecular complexity index is 308. The van der Waals surface area contributed by atoms with Crippen LogP contribution in [-0.4, -0.2) is 38.2 Å². The highest BCUT2D eigenvalue weighted by Gasteiger charge is 2.45. The van der Waals surface area contributed by atoms with Gasteiger partial charge in [0, 0.05) is 5.54 Å². The van der Waals surface area contributed by atoms with Crippen molar-refractivity contribution in [3.8, 4) is 0 Å². The van der Waals surface area contributed by atoms with E-state index in [1.807, 2.05) is 0 Å². The van der Waals surface area contributed by atoms with Gasteiger partial charge in [0.2, 0.25) is 0 Å². The molecule has 0 aromatic carbocycles. The lowest BCUT2D eigenvalue weighted by Gasteiger charge is -2.35. The lowest BCUT2D eigenvalue weighted by molar-refractivity contribution is 0.169. The molecule has 0 bridgehead atoms. The third-order valence-electron chi connectivity index (χ3n) is 2.96. The van der Waals surface area contributed by atoms with Gasteiger partial charge in [-0.3, -0.25) is 0 Å². The highest BCUT2D eigenvalue weighted by molar-refractivity contribution is 7.91. The second kappa shape index (κ2) is 3.94. The maximum atomic E-state index is 13.1. The first-order valence-electron chi connectivity index (χ1n) is 4.61. The molecule has 0 radical (unpaired) electrons. The summed E-state index contributed by atoms with van der Waals surface area (Å²) in [6.07, 6.45) is 0.638. The smallest absolute Gasteiger partial charge is 0.152 e. The summed E-state index contributed by atoms with van der Waals surface area (Å²) in [6.45, 7) is 0.608. The largest absolute Gasteiger partial charge is 0.310 e. The van der Waals surface area contributed by atoms with Gasteiger partial charge in [0.05, 0.1) is 11.5 Å². The zero-order valence-electron chi connectivity index (χ0n) is 7.83. The van der Waals surface area contributed by atoms with Crippen molar-refractivity contribution in [1.82, 2.24) is 5.32 Å². The number of halogens is 2. The molecule has 2 atom stereocenters. The van der Waals surface area contributed by atoms with Crippen LogP contribution in [0.15, 0.2) is 0 Å². The van der Waals surface area contributed by atoms with E-state index in [0.717, 1.165) is 0 Å². The fourth-order valence-electron chi connectivity index (χ4n) is 2.31. The van der Waals surface area contributed by atoms with Crippen LogP contribution in [0.3, 0.4) is 0 Å². The number of rotatable bonds is 0. The summed E-state index contributed by atoms with van der Waals surface area (Å²) < 4.78 is 35.6. The van der Waals surface area contributed by atoms with Crippen molar-refractivity contribution < 1.29 is 12.8 Å². The van der Waals surface area contributed by atoms with E-state index < -0.39 is 21.5 Å². The van der Waals surface area contributed by atoms with Crippen LogP contribution in [0.4, 0.5) is 4.39 Å². The van der Waals surface area contributed by atoms with E-state index in [0.29, 0.717) is 25.8 Å². The predicted octanol–water partition coefficient (Wildman–Crippen LogP) is 0.687. The first kappa shape index (κ1) is 12.2. The maximum absolute atomic E-state index is 13.1. The molecule has 6 heteroatoms. The van der Waals surface area contributed by atoms with E-state index in [1.54, 1.807) is 0 Å². The summed E-state index contributed by atoms with van der Waals surface area (Å²) in [5, 5.41) is 3.16. The molecule has 0 aromatic heterocycles. The van der Waals surface area contributed by atoms with Crippen LogP contribution in [0.2, 0.25) is 0 Å². The number of nitrogens with one attached hydrogen (secondary N) is 1. The minimum Gasteiger partial charge on any atom is -0.310 e. The molecule has 1 spiro atoms. The Balaban J connectivity index is 0.000000980. The number of alkyl halides is 1. The van der Waals surface area contributed by atoms with Crippen LogP contribution in [0.1, 0.15) is 19.3 Å². The lowest BCUT2D eigenvalue weighted by atomic mass is 9.87. The molecule has 84 valence electrons. The molecule has 2 fully saturated rings. The zero-order valence-corrected chi connectivity index (χ0v) is 9.46. The summed E-state index contributed by atoms with van der Waals surface area (Å²) in [7, 11) is -2.91. The van der Waals surface area contributed by atoms with Crippen molar-refractivity contribution in [2.45, 2.75) is 31.0 Å². The maximum Gasteiger partial charge on any atom is 0.152 e. The molecule has 0 aliphatic carbocycles. The van der Waals surface area contributed by atoms with Crippen LogP contribution >= 0.6 is 12.4 Å². The summed E-state index contributed by atoms with van der Waals surface area (Å²) in [4.78, 5) is 0. The van der Waals surface area contributed by atoms with E-state index in [-0.39, 0.29) is 23.9 Å². The number of piperidine rings is 1. The predicted molar refractivity (Wildman–Crippen MR) is 55.4 cm³/mol. The minimum atomic E-state index is -2.91. The molecule has 2 aliphatic heterocycles. The van der Waals surface area contributed by atoms with Crippen LogP contribution in [-0.2, 0) is 9.84 Å². The normalized spacial score (nSPS) is 40.8. The summed E-state index contributed by atoms with van der Waals surface area (Å²) in [5.74, 6) is 0.340. The van der Waals surface area contributed by atoms with Gasteiger partial charge in [-0.15, -0.1) is 12.4 Å². The lowest BCUT2D eigenvalue weighted by Crippen LogP contribution is -2.52. The van der Waals surface area contributed by atoms with Crippen molar-refractivity contribution in [3.63, 3.8) is 0 Å². The Labute approximate surface area is 89.8 Å². The monoisotopic (exact) mass is 243 g/mol. The van der Waals surface area contributed by atoms with Gasteiger partial charge >= 0.3 is 0 Å². The Morgan fingerprint density at radius 1 is 1.43 bits per heavy atom. The Hall–Kier alpha value is 0.130. The molecule has 1 N–H and O–H groups in total. The van der Waals surface area contributed by atoms with Crippen molar-refractivity contribution in [2.75, 3.05) is 18.1 Å². The molecule has 2 rings (SSSR count). The van der Waals surface area contributed by atoms with Gasteiger partial charge in [-0.1, -0.05) is 0 Å². The first-order chi connectivity index (χ1) is 6.02. The van der Waals surface area contributed by atoms with Crippen molar-refractivity contribution in [2.24, 2.45) is 0 Å². The quantitative estimate of drug-likeness (QED) is 0.681. The van der Waals surface area contributed by atoms with Gasteiger partial charge in [-0.25, -0.2) is 12.8 Å². The number of hydrogen-bond donors (Lipinski definition) is 1. The van der Waals surface area contributed by atoms with Crippen molar-refractivity contribution in [3.05, 3.63) is 0 Å². The third-order valence-corrected chi connectivity index (χ3v) is 4.78. The molecule has 2 saturated heterocycles. The molecule has 14 heavy (non-hydrogen) atoms. The molecule has 2 heterocycles. The first-order valence-corrected chi connectivity index (χ1v) is 6.43. The van der Waals surface area contributed by atoms with Crippen molar-refractivity contribution in [1.29, 1.82) is 0 Å². The Kier molecular flexibility index (Phi) is 3.44. The average molecular weight is 244 g/mol. The van der Waals surface area contributed by atoms with Gasteiger partial charge < -0.3 is 5.32 Å². The molecular formula is C8H15ClFNO2S. The summed E-state index contributed by atoms with van der Waals surface area (Å²) in [5.41, 5.74) is -0.434. The number of hydrogen-bond acceptors (Lipinski definition) is 3. The highest BCUT2D eigenvalue weighted by Crippen LogP contribution is 2.32. The van der Waals surface area contributed by atoms with Crippen LogP contribution in [0, 0.1) is 0 Å². The molecule has 0 aromatic rings. The van der Waals surface area contributed by atoms with Crippen LogP contribution in [0.25, 0.3) is 0 Å². The van der Waals surface area contributed by atoms with Gasteiger partial charge in [0.1, 0.15) is 6.17 Å². The SMILES string of the molecule is Cl.O=S1(=O)CCC2(CC(F)CCN2)C1. The molecular weight excluding hydrogens is 229 g/mol. The highest BCUT2D eigenvalue weighted by atomic mass is 35.5. The summed E-state index contributed by atoms with van der Waals surface area (Å²) in [6, 6.07) is 0. The van der Waals surface area contributed by atoms with Crippen LogP contribution in [0.5, 0.6) is 0 Å². The third kappa shape index (κ3) is 2.38. The van der Waals surface area contributed by atoms with Gasteiger partial charge in [-0.05, 0) is 25.8 Å². The average Bonchev–Trinajstić information content (AvgIpc) is 2.26. The van der Waals surface area contributed by atoms with E-state index in [4.69, 9.17) is 0 Å². The van der Waals surface area contributed by atoms with Crippen LogP contribution < -0.4 is 5.32 Å². The Morgan fingerprint density at radius 2 is 2.14 bits per heavy atom. The fraction of sp³-hybridized carbons (Fsp3) is 1.00. The number of sulfone groups is 1. The summed E-state index contributed by atoms with van der Waals surface area (Å²) >= 11 is 0. The second-order valence-electron chi connectivity index (χ2n) is 4.14. The standard InChI is InChI=1S/C8H14FNO2S.ClH/c9-7-1-3-10-8(5-7)2-4-13(11,12)6-8;/h7,10H,1-6H2;1H. The molecule has 2 aliphatic rings. The van der Waals surface area contributed by atoms with E-state index in [1.165, 1.54) is 0 Å². The van der Waals surface area contributed by atoms with E-state index in [2.05, 4.69) is 5.32 Å². The molecule has 3 nitrogen and oxygen atoms in total. The zero-order chi connectivity index (χ0) is 9.53. The fourth-order valence-corrected chi connectivity index (χ4v) is 4.36. The molecule has 2 unspecified atom stereocenters. The molecule has 0 saturated carbocycles. The second-order valence-corrected chi connectivity index (χ2v) is 6.32. The van der Waals surface area contributed by atoms with E-state index >= 15 is 0 Å². The molecule has 0 amide bonds. The van der Waals surface area contributed by atoms with Gasteiger partial charge in [0.15, 0.2) is 9.84 Å². The van der Waals surface area contributed by atoms with Crippen molar-refractivity contribution >= 4 is 22.2 Å². The van der Waals surface area contributed by atoms with Gasteiger partial charge in [-0.2, -0.15) is 0 Å². The Morgan fingerprint density at radius 3 is 2.64 bits per heavy atom.